The smallest absolute Gasteiger partial charge is 0.344 e. The monoisotopic (exact) mass is 357 g/mol. The number of rotatable bonds is 2. The normalized spacial score (nSPS) is 14.3. The van der Waals surface area contributed by atoms with E-state index in [1.807, 2.05) is 48.3 Å². The molecule has 134 valence electrons. The average molecular weight is 357 g/mol. The highest BCUT2D eigenvalue weighted by Gasteiger charge is 2.14. The first kappa shape index (κ1) is 16.1. The lowest BCUT2D eigenvalue weighted by molar-refractivity contribution is -0.671. The number of aromatic nitrogens is 1. The van der Waals surface area contributed by atoms with Gasteiger partial charge in [-0.05, 0) is 53.9 Å². The standard InChI is InChI=1S/C23H21N2O2/c1-24-10-6-16(7-11-24)21-14-19-12-17-4-5-20(25-8-2-3-9-25)13-18(17)15-22(19)27-23(21)26/h4-7,10-15H,2-3,8-9H2,1H3/q+1. The number of pyridine rings is 1. The first-order chi connectivity index (χ1) is 13.2. The van der Waals surface area contributed by atoms with E-state index in [9.17, 15) is 4.79 Å². The fourth-order valence-corrected chi connectivity index (χ4v) is 3.91. The number of hydrogen-bond donors (Lipinski definition) is 0. The van der Waals surface area contributed by atoms with Gasteiger partial charge in [0.1, 0.15) is 12.6 Å². The van der Waals surface area contributed by atoms with E-state index in [1.54, 1.807) is 0 Å². The van der Waals surface area contributed by atoms with Gasteiger partial charge in [-0.15, -0.1) is 0 Å². The van der Waals surface area contributed by atoms with E-state index >= 15 is 0 Å². The molecule has 2 aromatic heterocycles. The van der Waals surface area contributed by atoms with Crippen molar-refractivity contribution in [2.24, 2.45) is 7.05 Å². The summed E-state index contributed by atoms with van der Waals surface area (Å²) < 4.78 is 7.62. The molecule has 3 heterocycles. The van der Waals surface area contributed by atoms with Crippen molar-refractivity contribution in [3.8, 4) is 11.1 Å². The Kier molecular flexibility index (Phi) is 3.71. The number of hydrogen-bond acceptors (Lipinski definition) is 3. The largest absolute Gasteiger partial charge is 0.422 e. The van der Waals surface area contributed by atoms with Crippen LogP contribution in [0.25, 0.3) is 32.9 Å². The SMILES string of the molecule is C[n+]1ccc(-c2cc3cc4ccc(N5CCCC5)cc4cc3oc2=O)cc1. The zero-order valence-corrected chi connectivity index (χ0v) is 15.3. The molecule has 0 N–H and O–H groups in total. The van der Waals surface area contributed by atoms with E-state index in [4.69, 9.17) is 4.42 Å². The highest BCUT2D eigenvalue weighted by molar-refractivity contribution is 5.98. The third kappa shape index (κ3) is 2.87. The van der Waals surface area contributed by atoms with Gasteiger partial charge >= 0.3 is 5.63 Å². The summed E-state index contributed by atoms with van der Waals surface area (Å²) in [6.45, 7) is 2.23. The van der Waals surface area contributed by atoms with Crippen LogP contribution in [0.3, 0.4) is 0 Å². The van der Waals surface area contributed by atoms with Crippen molar-refractivity contribution in [1.29, 1.82) is 0 Å². The van der Waals surface area contributed by atoms with Gasteiger partial charge in [0, 0.05) is 41.9 Å². The maximum Gasteiger partial charge on any atom is 0.344 e. The fraction of sp³-hybridized carbons (Fsp3) is 0.217. The first-order valence-corrected chi connectivity index (χ1v) is 9.40. The Morgan fingerprint density at radius 3 is 2.44 bits per heavy atom. The summed E-state index contributed by atoms with van der Waals surface area (Å²) in [5.41, 5.74) is 3.04. The minimum Gasteiger partial charge on any atom is -0.422 e. The van der Waals surface area contributed by atoms with Gasteiger partial charge in [-0.2, -0.15) is 0 Å². The van der Waals surface area contributed by atoms with Crippen LogP contribution in [0, 0.1) is 0 Å². The molecule has 27 heavy (non-hydrogen) atoms. The number of benzene rings is 2. The molecule has 4 nitrogen and oxygen atoms in total. The molecule has 0 aliphatic carbocycles. The summed E-state index contributed by atoms with van der Waals surface area (Å²) in [5, 5.41) is 3.21. The highest BCUT2D eigenvalue weighted by atomic mass is 16.4. The Labute approximate surface area is 157 Å². The van der Waals surface area contributed by atoms with E-state index in [2.05, 4.69) is 29.2 Å². The second-order valence-electron chi connectivity index (χ2n) is 7.32. The molecule has 0 atom stereocenters. The Balaban J connectivity index is 1.64. The van der Waals surface area contributed by atoms with Gasteiger partial charge in [-0.3, -0.25) is 0 Å². The van der Waals surface area contributed by atoms with Crippen molar-refractivity contribution in [3.63, 3.8) is 0 Å². The van der Waals surface area contributed by atoms with Crippen molar-refractivity contribution < 1.29 is 8.98 Å². The third-order valence-corrected chi connectivity index (χ3v) is 5.44. The fourth-order valence-electron chi connectivity index (χ4n) is 3.91. The molecular formula is C23H21N2O2+. The van der Waals surface area contributed by atoms with Crippen LogP contribution in [0.4, 0.5) is 5.69 Å². The van der Waals surface area contributed by atoms with Crippen LogP contribution in [0.5, 0.6) is 0 Å². The van der Waals surface area contributed by atoms with E-state index < -0.39 is 0 Å². The first-order valence-electron chi connectivity index (χ1n) is 9.40. The van der Waals surface area contributed by atoms with Gasteiger partial charge in [0.2, 0.25) is 0 Å². The second kappa shape index (κ2) is 6.23. The molecule has 1 saturated heterocycles. The Hall–Kier alpha value is -3.14. The van der Waals surface area contributed by atoms with Crippen molar-refractivity contribution in [2.45, 2.75) is 12.8 Å². The minimum absolute atomic E-state index is 0.300. The predicted molar refractivity (Wildman–Crippen MR) is 108 cm³/mol. The quantitative estimate of drug-likeness (QED) is 0.309. The summed E-state index contributed by atoms with van der Waals surface area (Å²) in [7, 11) is 1.95. The van der Waals surface area contributed by atoms with E-state index in [0.717, 1.165) is 34.8 Å². The maximum atomic E-state index is 12.5. The molecule has 5 rings (SSSR count). The molecule has 4 heteroatoms. The van der Waals surface area contributed by atoms with Gasteiger partial charge in [0.05, 0.1) is 5.56 Å². The van der Waals surface area contributed by atoms with E-state index in [1.165, 1.54) is 18.5 Å². The number of fused-ring (bicyclic) bond motifs is 2. The molecule has 0 saturated carbocycles. The third-order valence-electron chi connectivity index (χ3n) is 5.44. The van der Waals surface area contributed by atoms with Crippen molar-refractivity contribution >= 4 is 27.4 Å². The molecular weight excluding hydrogens is 336 g/mol. The van der Waals surface area contributed by atoms with Crippen LogP contribution in [0.2, 0.25) is 0 Å². The molecule has 0 bridgehead atoms. The van der Waals surface area contributed by atoms with Crippen LogP contribution in [0.15, 0.2) is 70.1 Å². The van der Waals surface area contributed by atoms with E-state index in [0.29, 0.717) is 11.1 Å². The van der Waals surface area contributed by atoms with Gasteiger partial charge in [-0.1, -0.05) is 6.07 Å². The summed E-state index contributed by atoms with van der Waals surface area (Å²) in [5.74, 6) is 0. The van der Waals surface area contributed by atoms with Crippen molar-refractivity contribution in [1.82, 2.24) is 0 Å². The van der Waals surface area contributed by atoms with Gasteiger partial charge in [0.25, 0.3) is 0 Å². The summed E-state index contributed by atoms with van der Waals surface area (Å²) in [4.78, 5) is 15.0. The molecule has 0 spiro atoms. The van der Waals surface area contributed by atoms with E-state index in [-0.39, 0.29) is 5.63 Å². The lowest BCUT2D eigenvalue weighted by Gasteiger charge is -2.18. The highest BCUT2D eigenvalue weighted by Crippen LogP contribution is 2.29. The van der Waals surface area contributed by atoms with Gasteiger partial charge in [0.15, 0.2) is 12.4 Å². The Morgan fingerprint density at radius 1 is 0.889 bits per heavy atom. The molecule has 1 aliphatic rings. The van der Waals surface area contributed by atoms with Gasteiger partial charge in [-0.25, -0.2) is 9.36 Å². The predicted octanol–water partition coefficient (Wildman–Crippen LogP) is 4.04. The van der Waals surface area contributed by atoms with Crippen LogP contribution < -0.4 is 15.1 Å². The minimum atomic E-state index is -0.300. The van der Waals surface area contributed by atoms with Crippen LogP contribution in [0.1, 0.15) is 12.8 Å². The summed E-state index contributed by atoms with van der Waals surface area (Å²) >= 11 is 0. The van der Waals surface area contributed by atoms with Crippen LogP contribution in [-0.2, 0) is 7.05 Å². The molecule has 4 aromatic rings. The number of aryl methyl sites for hydroxylation is 1. The van der Waals surface area contributed by atoms with Crippen molar-refractivity contribution in [2.75, 3.05) is 18.0 Å². The topological polar surface area (TPSA) is 37.3 Å². The molecule has 1 fully saturated rings. The van der Waals surface area contributed by atoms with Crippen molar-refractivity contribution in [3.05, 3.63) is 71.3 Å². The second-order valence-corrected chi connectivity index (χ2v) is 7.32. The van der Waals surface area contributed by atoms with Crippen LogP contribution in [-0.4, -0.2) is 13.1 Å². The average Bonchev–Trinajstić information content (AvgIpc) is 3.21. The van der Waals surface area contributed by atoms with Crippen LogP contribution >= 0.6 is 0 Å². The molecule has 2 aromatic carbocycles. The lowest BCUT2D eigenvalue weighted by Crippen LogP contribution is -2.25. The molecule has 0 unspecified atom stereocenters. The number of anilines is 1. The maximum absolute atomic E-state index is 12.5. The lowest BCUT2D eigenvalue weighted by atomic mass is 10.0. The number of nitrogens with zero attached hydrogens (tertiary/aromatic N) is 2. The molecule has 0 amide bonds. The summed E-state index contributed by atoms with van der Waals surface area (Å²) in [6, 6.07) is 16.4. The zero-order valence-electron chi connectivity index (χ0n) is 15.3. The van der Waals surface area contributed by atoms with Gasteiger partial charge < -0.3 is 9.32 Å². The molecule has 0 radical (unpaired) electrons. The zero-order chi connectivity index (χ0) is 18.4. The summed E-state index contributed by atoms with van der Waals surface area (Å²) in [6.07, 6.45) is 6.37. The Bertz CT molecular complexity index is 1200. The molecule has 1 aliphatic heterocycles. The Morgan fingerprint density at radius 2 is 1.67 bits per heavy atom.